The molecule has 4 atom stereocenters. The number of aliphatic hydroxyl groups is 2. The highest BCUT2D eigenvalue weighted by molar-refractivity contribution is 5.18. The van der Waals surface area contributed by atoms with Crippen molar-refractivity contribution in [2.45, 2.75) is 64.6 Å². The van der Waals surface area contributed by atoms with Crippen LogP contribution in [-0.4, -0.2) is 21.4 Å². The van der Waals surface area contributed by atoms with Gasteiger partial charge in [0, 0.05) is 5.92 Å². The Hall–Kier alpha value is -0.340. The van der Waals surface area contributed by atoms with E-state index in [9.17, 15) is 10.2 Å². The molecule has 98 valence electrons. The molecule has 0 amide bonds. The van der Waals surface area contributed by atoms with Crippen molar-refractivity contribution >= 4 is 0 Å². The van der Waals surface area contributed by atoms with Crippen LogP contribution < -0.4 is 0 Å². The maximum absolute atomic E-state index is 11.0. The maximum atomic E-state index is 11.0. The lowest BCUT2D eigenvalue weighted by molar-refractivity contribution is -0.143. The molecule has 1 saturated carbocycles. The first-order valence-corrected chi connectivity index (χ1v) is 6.87. The molecular weight excluding hydrogens is 212 g/mol. The van der Waals surface area contributed by atoms with Crippen LogP contribution >= 0.6 is 0 Å². The van der Waals surface area contributed by atoms with E-state index in [-0.39, 0.29) is 11.8 Å². The monoisotopic (exact) mass is 238 g/mol. The minimum Gasteiger partial charge on any atom is -0.390 e. The summed E-state index contributed by atoms with van der Waals surface area (Å²) in [5.41, 5.74) is 0.0676. The molecule has 0 heterocycles. The lowest BCUT2D eigenvalue weighted by atomic mass is 9.56. The summed E-state index contributed by atoms with van der Waals surface area (Å²) in [7, 11) is 0. The number of hydrogen-bond donors (Lipinski definition) is 2. The van der Waals surface area contributed by atoms with Gasteiger partial charge in [-0.05, 0) is 58.3 Å². The minimum atomic E-state index is -0.701. The van der Waals surface area contributed by atoms with Crippen LogP contribution in [0.5, 0.6) is 0 Å². The SMILES string of the molecule is CC1=CC2C(C(C)(C)O)CCC(C)C2(O)CC1. The molecule has 2 rings (SSSR count). The van der Waals surface area contributed by atoms with E-state index in [0.29, 0.717) is 5.92 Å². The first kappa shape index (κ1) is 13.1. The van der Waals surface area contributed by atoms with E-state index in [1.54, 1.807) is 0 Å². The zero-order valence-electron chi connectivity index (χ0n) is 11.5. The molecule has 0 aromatic rings. The molecule has 2 nitrogen and oxygen atoms in total. The van der Waals surface area contributed by atoms with E-state index in [0.717, 1.165) is 25.7 Å². The third-order valence-electron chi connectivity index (χ3n) is 5.07. The second kappa shape index (κ2) is 4.10. The summed E-state index contributed by atoms with van der Waals surface area (Å²) in [6.07, 6.45) is 6.11. The van der Waals surface area contributed by atoms with Gasteiger partial charge in [-0.3, -0.25) is 0 Å². The molecule has 0 saturated heterocycles. The predicted molar refractivity (Wildman–Crippen MR) is 69.6 cm³/mol. The molecule has 2 N–H and O–H groups in total. The molecule has 2 heteroatoms. The Morgan fingerprint density at radius 2 is 2.00 bits per heavy atom. The molecule has 2 aliphatic rings. The molecule has 0 aliphatic heterocycles. The minimum absolute atomic E-state index is 0.125. The van der Waals surface area contributed by atoms with Gasteiger partial charge in [-0.15, -0.1) is 0 Å². The fourth-order valence-electron chi connectivity index (χ4n) is 3.79. The van der Waals surface area contributed by atoms with Gasteiger partial charge in [-0.2, -0.15) is 0 Å². The van der Waals surface area contributed by atoms with E-state index in [2.05, 4.69) is 19.9 Å². The van der Waals surface area contributed by atoms with Crippen molar-refractivity contribution in [1.82, 2.24) is 0 Å². The summed E-state index contributed by atoms with van der Waals surface area (Å²) in [5, 5.41) is 21.3. The molecular formula is C15H26O2. The average Bonchev–Trinajstić information content (AvgIpc) is 2.20. The number of rotatable bonds is 1. The lowest BCUT2D eigenvalue weighted by Gasteiger charge is -2.53. The Balaban J connectivity index is 2.37. The highest BCUT2D eigenvalue weighted by Gasteiger charge is 2.52. The standard InChI is InChI=1S/C15H26O2/c1-10-7-8-15(17)11(2)5-6-12(13(15)9-10)14(3,4)16/h9,11-13,16-17H,5-8H2,1-4H3. The van der Waals surface area contributed by atoms with Crippen molar-refractivity contribution in [3.63, 3.8) is 0 Å². The Morgan fingerprint density at radius 1 is 1.35 bits per heavy atom. The smallest absolute Gasteiger partial charge is 0.0742 e. The predicted octanol–water partition coefficient (Wildman–Crippen LogP) is 2.89. The first-order valence-electron chi connectivity index (χ1n) is 6.87. The van der Waals surface area contributed by atoms with E-state index in [1.165, 1.54) is 5.57 Å². The second-order valence-electron chi connectivity index (χ2n) is 6.77. The van der Waals surface area contributed by atoms with Gasteiger partial charge in [0.1, 0.15) is 0 Å². The zero-order valence-corrected chi connectivity index (χ0v) is 11.5. The third-order valence-corrected chi connectivity index (χ3v) is 5.07. The lowest BCUT2D eigenvalue weighted by Crippen LogP contribution is -2.55. The maximum Gasteiger partial charge on any atom is 0.0742 e. The molecule has 2 aliphatic carbocycles. The summed E-state index contributed by atoms with van der Waals surface area (Å²) < 4.78 is 0. The first-order chi connectivity index (χ1) is 7.75. The van der Waals surface area contributed by atoms with Gasteiger partial charge in [0.25, 0.3) is 0 Å². The van der Waals surface area contributed by atoms with Crippen LogP contribution in [0.2, 0.25) is 0 Å². The van der Waals surface area contributed by atoms with Crippen LogP contribution in [0.4, 0.5) is 0 Å². The van der Waals surface area contributed by atoms with Gasteiger partial charge < -0.3 is 10.2 Å². The van der Waals surface area contributed by atoms with Crippen molar-refractivity contribution in [3.8, 4) is 0 Å². The fourth-order valence-corrected chi connectivity index (χ4v) is 3.79. The topological polar surface area (TPSA) is 40.5 Å². The largest absolute Gasteiger partial charge is 0.390 e. The van der Waals surface area contributed by atoms with Gasteiger partial charge in [0.05, 0.1) is 11.2 Å². The van der Waals surface area contributed by atoms with Gasteiger partial charge >= 0.3 is 0 Å². The third kappa shape index (κ3) is 2.17. The zero-order chi connectivity index (χ0) is 12.8. The summed E-state index contributed by atoms with van der Waals surface area (Å²) in [6, 6.07) is 0. The Bertz CT molecular complexity index is 326. The second-order valence-corrected chi connectivity index (χ2v) is 6.77. The molecule has 4 unspecified atom stereocenters. The molecule has 0 radical (unpaired) electrons. The Kier molecular flexibility index (Phi) is 3.16. The fraction of sp³-hybridized carbons (Fsp3) is 0.867. The van der Waals surface area contributed by atoms with Crippen LogP contribution in [0, 0.1) is 17.8 Å². The molecule has 0 aromatic heterocycles. The van der Waals surface area contributed by atoms with E-state index >= 15 is 0 Å². The van der Waals surface area contributed by atoms with Gasteiger partial charge in [0.15, 0.2) is 0 Å². The van der Waals surface area contributed by atoms with E-state index < -0.39 is 11.2 Å². The van der Waals surface area contributed by atoms with E-state index in [4.69, 9.17) is 0 Å². The van der Waals surface area contributed by atoms with Crippen molar-refractivity contribution in [2.24, 2.45) is 17.8 Å². The number of hydrogen-bond acceptors (Lipinski definition) is 2. The number of allylic oxidation sites excluding steroid dienone is 1. The highest BCUT2D eigenvalue weighted by Crippen LogP contribution is 2.51. The van der Waals surface area contributed by atoms with Gasteiger partial charge in [0.2, 0.25) is 0 Å². The van der Waals surface area contributed by atoms with Crippen LogP contribution in [0.15, 0.2) is 11.6 Å². The normalized spacial score (nSPS) is 42.9. The molecule has 17 heavy (non-hydrogen) atoms. The van der Waals surface area contributed by atoms with E-state index in [1.807, 2.05) is 13.8 Å². The quantitative estimate of drug-likeness (QED) is 0.690. The van der Waals surface area contributed by atoms with Crippen LogP contribution in [0.25, 0.3) is 0 Å². The summed E-state index contributed by atoms with van der Waals surface area (Å²) >= 11 is 0. The summed E-state index contributed by atoms with van der Waals surface area (Å²) in [5.74, 6) is 0.648. The molecule has 0 spiro atoms. The van der Waals surface area contributed by atoms with Crippen molar-refractivity contribution in [3.05, 3.63) is 11.6 Å². The average molecular weight is 238 g/mol. The summed E-state index contributed by atoms with van der Waals surface area (Å²) in [6.45, 7) is 8.06. The summed E-state index contributed by atoms with van der Waals surface area (Å²) in [4.78, 5) is 0. The molecule has 0 bridgehead atoms. The Morgan fingerprint density at radius 3 is 2.59 bits per heavy atom. The highest BCUT2D eigenvalue weighted by atomic mass is 16.3. The molecule has 1 fully saturated rings. The van der Waals surface area contributed by atoms with Crippen LogP contribution in [0.1, 0.15) is 53.4 Å². The van der Waals surface area contributed by atoms with Crippen molar-refractivity contribution in [1.29, 1.82) is 0 Å². The van der Waals surface area contributed by atoms with Crippen LogP contribution in [0.3, 0.4) is 0 Å². The molecule has 0 aromatic carbocycles. The Labute approximate surface area is 105 Å². The van der Waals surface area contributed by atoms with Gasteiger partial charge in [-0.1, -0.05) is 18.6 Å². The van der Waals surface area contributed by atoms with Crippen molar-refractivity contribution in [2.75, 3.05) is 0 Å². The van der Waals surface area contributed by atoms with Crippen molar-refractivity contribution < 1.29 is 10.2 Å². The van der Waals surface area contributed by atoms with Gasteiger partial charge in [-0.25, -0.2) is 0 Å². The van der Waals surface area contributed by atoms with Crippen LogP contribution in [-0.2, 0) is 0 Å². The number of fused-ring (bicyclic) bond motifs is 1.